The number of hydrogen-bond acceptors (Lipinski definition) is 7. The van der Waals surface area contributed by atoms with Crippen LogP contribution in [0.25, 0.3) is 22.9 Å². The lowest BCUT2D eigenvalue weighted by Gasteiger charge is -2.16. The van der Waals surface area contributed by atoms with Gasteiger partial charge in [-0.15, -0.1) is 0 Å². The van der Waals surface area contributed by atoms with Crippen LogP contribution < -0.4 is 11.1 Å². The van der Waals surface area contributed by atoms with E-state index in [1.807, 2.05) is 0 Å². The van der Waals surface area contributed by atoms with Gasteiger partial charge in [0.25, 0.3) is 5.91 Å². The monoisotopic (exact) mass is 505 g/mol. The second-order valence-corrected chi connectivity index (χ2v) is 7.94. The Kier molecular flexibility index (Phi) is 6.14. The van der Waals surface area contributed by atoms with E-state index < -0.39 is 23.2 Å². The van der Waals surface area contributed by atoms with Crippen molar-refractivity contribution in [1.29, 1.82) is 0 Å². The van der Waals surface area contributed by atoms with Gasteiger partial charge in [0.2, 0.25) is 0 Å². The average Bonchev–Trinajstić information content (AvgIpc) is 3.57. The minimum atomic E-state index is -3.80. The van der Waals surface area contributed by atoms with Crippen LogP contribution in [0.3, 0.4) is 0 Å². The van der Waals surface area contributed by atoms with E-state index in [4.69, 9.17) is 10.3 Å². The molecule has 12 heteroatoms. The summed E-state index contributed by atoms with van der Waals surface area (Å²) >= 11 is 0. The number of benzene rings is 2. The van der Waals surface area contributed by atoms with E-state index in [0.29, 0.717) is 17.0 Å². The quantitative estimate of drug-likeness (QED) is 0.334. The minimum Gasteiger partial charge on any atom is -0.382 e. The number of nitrogens with one attached hydrogen (secondary N) is 1. The van der Waals surface area contributed by atoms with Crippen LogP contribution in [0.15, 0.2) is 83.7 Å². The summed E-state index contributed by atoms with van der Waals surface area (Å²) in [7, 11) is 0. The van der Waals surface area contributed by atoms with Gasteiger partial charge in [0.1, 0.15) is 29.2 Å². The van der Waals surface area contributed by atoms with E-state index in [-0.39, 0.29) is 29.6 Å². The first-order valence-corrected chi connectivity index (χ1v) is 10.9. The van der Waals surface area contributed by atoms with E-state index in [9.17, 15) is 18.0 Å². The second-order valence-electron chi connectivity index (χ2n) is 7.94. The largest absolute Gasteiger partial charge is 0.382 e. The van der Waals surface area contributed by atoms with Gasteiger partial charge in [0.05, 0.1) is 18.4 Å². The Morgan fingerprint density at radius 2 is 1.81 bits per heavy atom. The molecule has 3 aromatic heterocycles. The topological polar surface area (TPSA) is 125 Å². The molecule has 5 aromatic rings. The zero-order chi connectivity index (χ0) is 26.0. The van der Waals surface area contributed by atoms with Crippen LogP contribution in [0, 0.1) is 5.82 Å². The number of rotatable bonds is 7. The summed E-state index contributed by atoms with van der Waals surface area (Å²) in [5, 5.41) is 10.5. The summed E-state index contributed by atoms with van der Waals surface area (Å²) in [6, 6.07) is 16.1. The number of alkyl halides is 2. The highest BCUT2D eigenvalue weighted by Crippen LogP contribution is 2.31. The molecule has 0 spiro atoms. The highest BCUT2D eigenvalue weighted by molar-refractivity contribution is 5.98. The molecule has 37 heavy (non-hydrogen) atoms. The molecular formula is C25H18F3N7O2. The van der Waals surface area contributed by atoms with E-state index in [1.165, 1.54) is 29.1 Å². The average molecular weight is 505 g/mol. The smallest absolute Gasteiger partial charge is 0.350 e. The highest BCUT2D eigenvalue weighted by atomic mass is 19.3. The van der Waals surface area contributed by atoms with Gasteiger partial charge in [0, 0.05) is 17.2 Å². The van der Waals surface area contributed by atoms with Crippen molar-refractivity contribution in [2.24, 2.45) is 0 Å². The fourth-order valence-corrected chi connectivity index (χ4v) is 3.58. The lowest BCUT2D eigenvalue weighted by molar-refractivity contribution is -0.140. The molecule has 3 heterocycles. The maximum atomic E-state index is 14.6. The van der Waals surface area contributed by atoms with Gasteiger partial charge >= 0.3 is 5.92 Å². The van der Waals surface area contributed by atoms with E-state index >= 15 is 0 Å². The summed E-state index contributed by atoms with van der Waals surface area (Å²) in [6.45, 7) is 0.0764. The lowest BCUT2D eigenvalue weighted by atomic mass is 10.1. The van der Waals surface area contributed by atoms with Crippen LogP contribution in [-0.4, -0.2) is 30.8 Å². The molecule has 0 radical (unpaired) electrons. The Labute approximate surface area is 207 Å². The first-order chi connectivity index (χ1) is 17.8. The van der Waals surface area contributed by atoms with Crippen molar-refractivity contribution in [2.75, 3.05) is 11.1 Å². The van der Waals surface area contributed by atoms with Gasteiger partial charge in [-0.3, -0.25) is 9.48 Å². The first kappa shape index (κ1) is 23.7. The van der Waals surface area contributed by atoms with Crippen molar-refractivity contribution in [1.82, 2.24) is 24.9 Å². The number of carbonyl (C=O) groups is 1. The molecule has 2 aromatic carbocycles. The summed E-state index contributed by atoms with van der Waals surface area (Å²) in [5.74, 6) is -5.97. The molecule has 0 saturated carbocycles. The highest BCUT2D eigenvalue weighted by Gasteiger charge is 2.41. The molecule has 9 nitrogen and oxygen atoms in total. The van der Waals surface area contributed by atoms with Gasteiger partial charge in [-0.05, 0) is 12.1 Å². The van der Waals surface area contributed by atoms with Crippen LogP contribution in [-0.2, 0) is 17.3 Å². The maximum absolute atomic E-state index is 14.6. The zero-order valence-corrected chi connectivity index (χ0v) is 19.0. The molecule has 0 unspecified atom stereocenters. The summed E-state index contributed by atoms with van der Waals surface area (Å²) < 4.78 is 49.8. The number of anilines is 2. The van der Waals surface area contributed by atoms with Crippen LogP contribution in [0.2, 0.25) is 0 Å². The minimum absolute atomic E-state index is 0.0577. The van der Waals surface area contributed by atoms with Crippen LogP contribution >= 0.6 is 0 Å². The zero-order valence-electron chi connectivity index (χ0n) is 19.0. The Balaban J connectivity index is 1.43. The number of nitrogens with zero attached hydrogens (tertiary/aromatic N) is 5. The molecule has 0 aliphatic carbocycles. The molecule has 0 aliphatic rings. The van der Waals surface area contributed by atoms with Gasteiger partial charge in [-0.25, -0.2) is 14.4 Å². The van der Waals surface area contributed by atoms with Gasteiger partial charge in [-0.1, -0.05) is 53.7 Å². The predicted octanol–water partition coefficient (Wildman–Crippen LogP) is 4.50. The molecule has 1 amide bonds. The number of nitrogens with two attached hydrogens (primary N) is 1. The van der Waals surface area contributed by atoms with Gasteiger partial charge in [-0.2, -0.15) is 13.9 Å². The fourth-order valence-electron chi connectivity index (χ4n) is 3.58. The molecule has 5 rings (SSSR count). The number of hydrogen-bond donors (Lipinski definition) is 2. The molecule has 3 N–H and O–H groups in total. The molecule has 0 fully saturated rings. The van der Waals surface area contributed by atoms with Crippen molar-refractivity contribution < 1.29 is 22.5 Å². The van der Waals surface area contributed by atoms with Crippen molar-refractivity contribution in [3.63, 3.8) is 0 Å². The maximum Gasteiger partial charge on any atom is 0.350 e. The van der Waals surface area contributed by atoms with Crippen molar-refractivity contribution >= 4 is 17.4 Å². The van der Waals surface area contributed by atoms with E-state index in [1.54, 1.807) is 36.4 Å². The van der Waals surface area contributed by atoms with E-state index in [0.717, 1.165) is 18.3 Å². The van der Waals surface area contributed by atoms with Crippen molar-refractivity contribution in [3.05, 3.63) is 96.1 Å². The molecule has 0 saturated heterocycles. The van der Waals surface area contributed by atoms with Crippen LogP contribution in [0.4, 0.5) is 24.7 Å². The molecule has 0 bridgehead atoms. The molecule has 186 valence electrons. The number of carbonyl (C=O) groups excluding carboxylic acids is 1. The molecule has 0 aliphatic heterocycles. The fraction of sp³-hybridized carbons (Fsp3) is 0.0800. The SMILES string of the molecule is Nc1nc(-c2cc(-c3ccon3)n(Cc3ccccc3F)n2)ncc1NC(=O)C(F)(F)c1ccccc1. The predicted molar refractivity (Wildman–Crippen MR) is 128 cm³/mol. The summed E-state index contributed by atoms with van der Waals surface area (Å²) in [5.41, 5.74) is 6.87. The Hall–Kier alpha value is -5.00. The molecule has 0 atom stereocenters. The number of aromatic nitrogens is 5. The number of halogens is 3. The third-order valence-corrected chi connectivity index (χ3v) is 5.48. The number of nitrogen functional groups attached to an aromatic ring is 1. The summed E-state index contributed by atoms with van der Waals surface area (Å²) in [4.78, 5) is 20.5. The van der Waals surface area contributed by atoms with E-state index in [2.05, 4.69) is 25.5 Å². The number of amides is 1. The normalized spacial score (nSPS) is 11.4. The third kappa shape index (κ3) is 4.76. The van der Waals surface area contributed by atoms with Crippen molar-refractivity contribution in [2.45, 2.75) is 12.5 Å². The van der Waals surface area contributed by atoms with Crippen LogP contribution in [0.5, 0.6) is 0 Å². The Morgan fingerprint density at radius 3 is 2.51 bits per heavy atom. The Bertz CT molecular complexity index is 1550. The standard InChI is InChI=1S/C25H18F3N7O2/c26-17-9-5-4-6-15(17)14-35-21(18-10-11-37-34-18)12-19(33-35)23-30-13-20(22(29)32-23)31-24(36)25(27,28)16-7-2-1-3-8-16/h1-13H,14H2,(H,31,36)(H2,29,30,32). The second kappa shape index (κ2) is 9.57. The summed E-state index contributed by atoms with van der Waals surface area (Å²) in [6.07, 6.45) is 2.49. The first-order valence-electron chi connectivity index (χ1n) is 10.9. The molecular weight excluding hydrogens is 487 g/mol. The van der Waals surface area contributed by atoms with Crippen LogP contribution in [0.1, 0.15) is 11.1 Å². The van der Waals surface area contributed by atoms with Gasteiger partial charge < -0.3 is 15.6 Å². The Morgan fingerprint density at radius 1 is 1.05 bits per heavy atom. The van der Waals surface area contributed by atoms with Gasteiger partial charge in [0.15, 0.2) is 11.6 Å². The third-order valence-electron chi connectivity index (χ3n) is 5.48. The van der Waals surface area contributed by atoms with Crippen molar-refractivity contribution in [3.8, 4) is 22.9 Å². The lowest BCUT2D eigenvalue weighted by Crippen LogP contribution is -2.32.